The largest absolute Gasteiger partial charge is 0.481 e. The molecule has 49 heavy (non-hydrogen) atoms. The topological polar surface area (TPSA) is 173 Å². The number of allylic oxidation sites excluding steroid dienone is 3. The number of nitrogens with one attached hydrogen (secondary N) is 1. The van der Waals surface area contributed by atoms with E-state index in [1.165, 1.54) is 0 Å². The van der Waals surface area contributed by atoms with Crippen LogP contribution in [0.4, 0.5) is 0 Å². The number of carbonyl (C=O) groups is 6. The van der Waals surface area contributed by atoms with Gasteiger partial charge in [0, 0.05) is 30.7 Å². The molecule has 0 heterocycles. The molecule has 0 aromatic heterocycles. The Bertz CT molecular complexity index is 1430. The minimum absolute atomic E-state index is 0.0730. The van der Waals surface area contributed by atoms with Gasteiger partial charge in [-0.05, 0) is 69.1 Å². The van der Waals surface area contributed by atoms with Crippen LogP contribution >= 0.6 is 0 Å². The van der Waals surface area contributed by atoms with Crippen molar-refractivity contribution in [1.29, 1.82) is 0 Å². The van der Waals surface area contributed by atoms with E-state index >= 15 is 0 Å². The second-order valence-electron chi connectivity index (χ2n) is 13.6. The first-order valence-electron chi connectivity index (χ1n) is 17.2. The molecule has 2 rings (SSSR count). The normalized spacial score (nSPS) is 17.0. The fourth-order valence-corrected chi connectivity index (χ4v) is 5.90. The zero-order valence-electron chi connectivity index (χ0n) is 29.8. The number of amides is 1. The molecular weight excluding hydrogens is 630 g/mol. The fourth-order valence-electron chi connectivity index (χ4n) is 5.90. The third-order valence-corrected chi connectivity index (χ3v) is 8.72. The fraction of sp³-hybridized carbons (Fsp3) is 0.579. The van der Waals surface area contributed by atoms with E-state index in [-0.39, 0.29) is 61.2 Å². The predicted octanol–water partition coefficient (Wildman–Crippen LogP) is 6.71. The lowest BCUT2D eigenvalue weighted by molar-refractivity contribution is -0.141. The van der Waals surface area contributed by atoms with Crippen molar-refractivity contribution in [3.63, 3.8) is 0 Å². The number of hydrogen-bond acceptors (Lipinski definition) is 8. The number of hydrogen-bond donors (Lipinski definition) is 3. The standard InChI is InChI=1S/C38H53NO10/c1-8-9-10-11-26-20-30(48-37(46)25(7)19-27(40)13-16-33(42)43)35(29-18-24(6)12-14-28(29)22(2)3)31(21-26)49-38(47)36(23(4)5)39-32(41)15-17-34(44)45/h18,20-21,23,25,28-29,36H,2,8-17,19H2,1,3-7H3,(H,39,41)(H,42,43)(H,44,45)/t25-,28?,29?,36+/m1/s1. The van der Waals surface area contributed by atoms with E-state index in [9.17, 15) is 28.8 Å². The van der Waals surface area contributed by atoms with Gasteiger partial charge in [0.25, 0.3) is 0 Å². The molecule has 0 saturated carbocycles. The van der Waals surface area contributed by atoms with E-state index in [4.69, 9.17) is 19.7 Å². The minimum Gasteiger partial charge on any atom is -0.481 e. The van der Waals surface area contributed by atoms with E-state index in [0.717, 1.165) is 48.8 Å². The number of aliphatic carboxylic acids is 2. The quantitative estimate of drug-likeness (QED) is 0.0580. The van der Waals surface area contributed by atoms with Gasteiger partial charge in [-0.2, -0.15) is 0 Å². The molecule has 0 radical (unpaired) electrons. The maximum atomic E-state index is 13.8. The van der Waals surface area contributed by atoms with Gasteiger partial charge in [-0.1, -0.05) is 64.3 Å². The van der Waals surface area contributed by atoms with Crippen LogP contribution in [0.15, 0.2) is 35.9 Å². The number of carbonyl (C=O) groups excluding carboxylic acids is 4. The second kappa shape index (κ2) is 19.7. The number of ether oxygens (including phenoxy) is 2. The molecule has 1 aliphatic carbocycles. The molecule has 0 aliphatic heterocycles. The van der Waals surface area contributed by atoms with Crippen LogP contribution in [0.25, 0.3) is 0 Å². The summed E-state index contributed by atoms with van der Waals surface area (Å²) in [7, 11) is 0. The monoisotopic (exact) mass is 683 g/mol. The van der Waals surface area contributed by atoms with E-state index < -0.39 is 47.7 Å². The van der Waals surface area contributed by atoms with Gasteiger partial charge in [-0.3, -0.25) is 24.0 Å². The summed E-state index contributed by atoms with van der Waals surface area (Å²) in [4.78, 5) is 74.3. The molecule has 0 saturated heterocycles. The van der Waals surface area contributed by atoms with Gasteiger partial charge < -0.3 is 25.0 Å². The molecule has 0 spiro atoms. The highest BCUT2D eigenvalue weighted by Crippen LogP contribution is 2.47. The first-order chi connectivity index (χ1) is 23.0. The average molecular weight is 684 g/mol. The van der Waals surface area contributed by atoms with Crippen LogP contribution in [0.2, 0.25) is 0 Å². The lowest BCUT2D eigenvalue weighted by atomic mass is 9.73. The maximum Gasteiger partial charge on any atom is 0.334 e. The molecule has 270 valence electrons. The molecule has 4 atom stereocenters. The Balaban J connectivity index is 2.67. The van der Waals surface area contributed by atoms with Crippen LogP contribution in [0.1, 0.15) is 123 Å². The van der Waals surface area contributed by atoms with Crippen LogP contribution < -0.4 is 14.8 Å². The number of Topliss-reactive ketones (excluding diaryl/α,β-unsaturated/α-hetero) is 1. The van der Waals surface area contributed by atoms with Crippen molar-refractivity contribution in [1.82, 2.24) is 5.32 Å². The van der Waals surface area contributed by atoms with Gasteiger partial charge in [0.15, 0.2) is 0 Å². The predicted molar refractivity (Wildman–Crippen MR) is 184 cm³/mol. The molecule has 3 N–H and O–H groups in total. The summed E-state index contributed by atoms with van der Waals surface area (Å²) in [5.41, 5.74) is 3.24. The van der Waals surface area contributed by atoms with Crippen LogP contribution in [-0.2, 0) is 35.2 Å². The van der Waals surface area contributed by atoms with E-state index in [2.05, 4.69) is 24.9 Å². The number of aryl methyl sites for hydroxylation is 1. The summed E-state index contributed by atoms with van der Waals surface area (Å²) in [5, 5.41) is 20.6. The van der Waals surface area contributed by atoms with Crippen molar-refractivity contribution in [2.75, 3.05) is 0 Å². The number of ketones is 1. The summed E-state index contributed by atoms with van der Waals surface area (Å²) in [6, 6.07) is 2.47. The van der Waals surface area contributed by atoms with Gasteiger partial charge in [-0.25, -0.2) is 4.79 Å². The third-order valence-electron chi connectivity index (χ3n) is 8.72. The Morgan fingerprint density at radius 3 is 2.06 bits per heavy atom. The Kier molecular flexibility index (Phi) is 16.4. The van der Waals surface area contributed by atoms with Gasteiger partial charge in [0.05, 0.1) is 18.8 Å². The SMILES string of the molecule is C=C(C)C1CCC(C)=CC1c1c(OC(=O)[C@H](C)CC(=O)CCC(=O)O)cc(CCCCC)cc1OC(=O)[C@@H](NC(=O)CCC(=O)O)C(C)C. The molecule has 11 nitrogen and oxygen atoms in total. The summed E-state index contributed by atoms with van der Waals surface area (Å²) in [5.74, 6) is -5.96. The number of unbranched alkanes of at least 4 members (excludes halogenated alkanes) is 2. The van der Waals surface area contributed by atoms with Crippen LogP contribution in [0.3, 0.4) is 0 Å². The number of esters is 2. The second-order valence-corrected chi connectivity index (χ2v) is 13.6. The van der Waals surface area contributed by atoms with Crippen molar-refractivity contribution in [2.24, 2.45) is 17.8 Å². The van der Waals surface area contributed by atoms with Crippen LogP contribution in [0, 0.1) is 17.8 Å². The summed E-state index contributed by atoms with van der Waals surface area (Å²) >= 11 is 0. The Morgan fingerprint density at radius 1 is 0.918 bits per heavy atom. The van der Waals surface area contributed by atoms with Crippen molar-refractivity contribution >= 4 is 35.6 Å². The molecule has 1 aromatic rings. The molecule has 2 unspecified atom stereocenters. The molecule has 1 amide bonds. The lowest BCUT2D eigenvalue weighted by Gasteiger charge is -2.33. The molecule has 1 aromatic carbocycles. The number of carboxylic acid groups (broad SMARTS) is 2. The first-order valence-corrected chi connectivity index (χ1v) is 17.2. The lowest BCUT2D eigenvalue weighted by Crippen LogP contribution is -2.46. The van der Waals surface area contributed by atoms with Gasteiger partial charge in [0.1, 0.15) is 23.3 Å². The van der Waals surface area contributed by atoms with E-state index in [1.807, 2.05) is 13.8 Å². The number of benzene rings is 1. The third kappa shape index (κ3) is 13.3. The summed E-state index contributed by atoms with van der Waals surface area (Å²) < 4.78 is 12.2. The van der Waals surface area contributed by atoms with Gasteiger partial charge in [0.2, 0.25) is 5.91 Å². The summed E-state index contributed by atoms with van der Waals surface area (Å²) in [6.07, 6.45) is 5.63. The Morgan fingerprint density at radius 2 is 1.51 bits per heavy atom. The Hall–Kier alpha value is -4.28. The van der Waals surface area contributed by atoms with Crippen molar-refractivity contribution < 1.29 is 48.5 Å². The van der Waals surface area contributed by atoms with Gasteiger partial charge in [-0.15, -0.1) is 0 Å². The number of carboxylic acids is 2. The van der Waals surface area contributed by atoms with Crippen molar-refractivity contribution in [3.8, 4) is 11.5 Å². The Labute approximate surface area is 289 Å². The van der Waals surface area contributed by atoms with Crippen LogP contribution in [-0.4, -0.2) is 51.8 Å². The highest BCUT2D eigenvalue weighted by atomic mass is 16.5. The van der Waals surface area contributed by atoms with E-state index in [0.29, 0.717) is 12.0 Å². The minimum atomic E-state index is -1.13. The molecule has 0 fully saturated rings. The van der Waals surface area contributed by atoms with Gasteiger partial charge >= 0.3 is 23.9 Å². The van der Waals surface area contributed by atoms with Crippen LogP contribution in [0.5, 0.6) is 11.5 Å². The first kappa shape index (κ1) is 40.9. The summed E-state index contributed by atoms with van der Waals surface area (Å²) in [6.45, 7) is 15.3. The zero-order valence-corrected chi connectivity index (χ0v) is 29.8. The molecule has 0 bridgehead atoms. The average Bonchev–Trinajstić information content (AvgIpc) is 3.01. The number of rotatable bonds is 20. The molecule has 11 heteroatoms. The van der Waals surface area contributed by atoms with E-state index in [1.54, 1.807) is 32.9 Å². The van der Waals surface area contributed by atoms with Crippen molar-refractivity contribution in [2.45, 2.75) is 124 Å². The smallest absolute Gasteiger partial charge is 0.334 e. The highest BCUT2D eigenvalue weighted by Gasteiger charge is 2.35. The molecule has 1 aliphatic rings. The molecular formula is C38H53NO10. The maximum absolute atomic E-state index is 13.8. The highest BCUT2D eigenvalue weighted by molar-refractivity contribution is 5.88. The van der Waals surface area contributed by atoms with Crippen molar-refractivity contribution in [3.05, 3.63) is 47.1 Å². The zero-order chi connectivity index (χ0) is 36.8.